The van der Waals surface area contributed by atoms with Gasteiger partial charge in [0, 0.05) is 0 Å². The largest absolute Gasteiger partial charge is 0.471 e. The Kier molecular flexibility index (Phi) is 3.73. The maximum Gasteiger partial charge on any atom is 0.471 e. The number of amides is 1. The van der Waals surface area contributed by atoms with Gasteiger partial charge in [-0.15, -0.1) is 0 Å². The molecule has 0 spiro atoms. The lowest BCUT2D eigenvalue weighted by Crippen LogP contribution is -2.38. The van der Waals surface area contributed by atoms with E-state index in [4.69, 9.17) is 5.26 Å². The molecule has 1 amide bonds. The van der Waals surface area contributed by atoms with Crippen LogP contribution in [0.15, 0.2) is 24.3 Å². The summed E-state index contributed by atoms with van der Waals surface area (Å²) in [6.45, 7) is 1.44. The number of nitriles is 1. The minimum atomic E-state index is -4.89. The molecule has 1 rings (SSSR count). The van der Waals surface area contributed by atoms with Crippen molar-refractivity contribution >= 4 is 5.91 Å². The van der Waals surface area contributed by atoms with Crippen LogP contribution < -0.4 is 5.32 Å². The van der Waals surface area contributed by atoms with Gasteiger partial charge >= 0.3 is 12.1 Å². The monoisotopic (exact) mass is 242 g/mol. The molecule has 1 aromatic carbocycles. The van der Waals surface area contributed by atoms with E-state index in [1.165, 1.54) is 31.2 Å². The van der Waals surface area contributed by atoms with Crippen molar-refractivity contribution in [1.29, 1.82) is 5.26 Å². The molecule has 3 nitrogen and oxygen atoms in total. The zero-order valence-electron chi connectivity index (χ0n) is 8.88. The number of rotatable bonds is 2. The molecule has 0 aliphatic rings. The second-order valence-electron chi connectivity index (χ2n) is 3.43. The number of nitrogens with one attached hydrogen (secondary N) is 1. The lowest BCUT2D eigenvalue weighted by Gasteiger charge is -2.15. The van der Waals surface area contributed by atoms with Crippen molar-refractivity contribution < 1.29 is 18.0 Å². The lowest BCUT2D eigenvalue weighted by atomic mass is 10.1. The second kappa shape index (κ2) is 4.87. The van der Waals surface area contributed by atoms with Crippen LogP contribution in [0.3, 0.4) is 0 Å². The summed E-state index contributed by atoms with van der Waals surface area (Å²) in [5.41, 5.74) is 0.907. The Morgan fingerprint density at radius 1 is 1.35 bits per heavy atom. The first-order valence-electron chi connectivity index (χ1n) is 4.72. The number of nitrogens with zero attached hydrogens (tertiary/aromatic N) is 1. The molecule has 17 heavy (non-hydrogen) atoms. The van der Waals surface area contributed by atoms with E-state index in [1.54, 1.807) is 0 Å². The van der Waals surface area contributed by atoms with E-state index in [-0.39, 0.29) is 0 Å². The quantitative estimate of drug-likeness (QED) is 0.865. The molecular weight excluding hydrogens is 233 g/mol. The number of hydrogen-bond acceptors (Lipinski definition) is 2. The molecule has 0 aliphatic heterocycles. The number of carbonyl (C=O) groups excluding carboxylic acids is 1. The summed E-state index contributed by atoms with van der Waals surface area (Å²) < 4.78 is 36.0. The first-order chi connectivity index (χ1) is 7.84. The minimum Gasteiger partial charge on any atom is -0.342 e. The van der Waals surface area contributed by atoms with Crippen molar-refractivity contribution in [2.75, 3.05) is 0 Å². The van der Waals surface area contributed by atoms with Gasteiger partial charge in [0.15, 0.2) is 0 Å². The molecule has 0 heterocycles. The molecule has 1 atom stereocenters. The van der Waals surface area contributed by atoms with Crippen LogP contribution in [0, 0.1) is 11.3 Å². The van der Waals surface area contributed by atoms with Gasteiger partial charge in [-0.3, -0.25) is 4.79 Å². The molecule has 0 saturated heterocycles. The zero-order valence-corrected chi connectivity index (χ0v) is 8.88. The number of hydrogen-bond donors (Lipinski definition) is 1. The third-order valence-electron chi connectivity index (χ3n) is 2.14. The van der Waals surface area contributed by atoms with Crippen LogP contribution in [-0.2, 0) is 4.79 Å². The van der Waals surface area contributed by atoms with Crippen LogP contribution in [0.25, 0.3) is 0 Å². The van der Waals surface area contributed by atoms with E-state index in [9.17, 15) is 18.0 Å². The Balaban J connectivity index is 2.74. The molecule has 0 radical (unpaired) electrons. The summed E-state index contributed by atoms with van der Waals surface area (Å²) in [6, 6.07) is 7.08. The van der Waals surface area contributed by atoms with E-state index in [0.29, 0.717) is 11.1 Å². The Morgan fingerprint density at radius 3 is 2.29 bits per heavy atom. The molecule has 1 aromatic rings. The molecule has 6 heteroatoms. The first kappa shape index (κ1) is 13.0. The molecular formula is C11H9F3N2O. The van der Waals surface area contributed by atoms with Gasteiger partial charge in [-0.1, -0.05) is 12.1 Å². The van der Waals surface area contributed by atoms with E-state index in [2.05, 4.69) is 0 Å². The van der Waals surface area contributed by atoms with Gasteiger partial charge in [-0.05, 0) is 24.6 Å². The maximum atomic E-state index is 12.0. The van der Waals surface area contributed by atoms with E-state index < -0.39 is 18.1 Å². The summed E-state index contributed by atoms with van der Waals surface area (Å²) in [5, 5.41) is 10.4. The van der Waals surface area contributed by atoms with Crippen LogP contribution >= 0.6 is 0 Å². The summed E-state index contributed by atoms with van der Waals surface area (Å²) >= 11 is 0. The fourth-order valence-electron chi connectivity index (χ4n) is 1.21. The summed E-state index contributed by atoms with van der Waals surface area (Å²) in [7, 11) is 0. The predicted octanol–water partition coefficient (Wildman–Crippen LogP) is 2.30. The van der Waals surface area contributed by atoms with Gasteiger partial charge in [-0.2, -0.15) is 18.4 Å². The number of benzene rings is 1. The second-order valence-corrected chi connectivity index (χ2v) is 3.43. The number of alkyl halides is 3. The van der Waals surface area contributed by atoms with Crippen molar-refractivity contribution in [1.82, 2.24) is 5.32 Å². The van der Waals surface area contributed by atoms with Gasteiger partial charge in [-0.25, -0.2) is 0 Å². The molecule has 90 valence electrons. The third kappa shape index (κ3) is 3.48. The average Bonchev–Trinajstić information content (AvgIpc) is 2.27. The third-order valence-corrected chi connectivity index (χ3v) is 2.14. The van der Waals surface area contributed by atoms with Crippen LogP contribution in [0.4, 0.5) is 13.2 Å². The molecule has 0 aliphatic carbocycles. The van der Waals surface area contributed by atoms with Gasteiger partial charge in [0.25, 0.3) is 0 Å². The highest BCUT2D eigenvalue weighted by Gasteiger charge is 2.39. The van der Waals surface area contributed by atoms with E-state index in [0.717, 1.165) is 0 Å². The van der Waals surface area contributed by atoms with Crippen LogP contribution in [0.2, 0.25) is 0 Å². The topological polar surface area (TPSA) is 52.9 Å². The summed E-state index contributed by atoms with van der Waals surface area (Å²) in [6.07, 6.45) is -4.89. The Labute approximate surface area is 95.9 Å². The van der Waals surface area contributed by atoms with Crippen LogP contribution in [0.1, 0.15) is 24.1 Å². The minimum absolute atomic E-state index is 0.406. The fourth-order valence-corrected chi connectivity index (χ4v) is 1.21. The first-order valence-corrected chi connectivity index (χ1v) is 4.72. The fraction of sp³-hybridized carbons (Fsp3) is 0.273. The van der Waals surface area contributed by atoms with Crippen molar-refractivity contribution in [3.63, 3.8) is 0 Å². The number of halogens is 3. The normalized spacial score (nSPS) is 12.6. The van der Waals surface area contributed by atoms with Crippen LogP contribution in [-0.4, -0.2) is 12.1 Å². The highest BCUT2D eigenvalue weighted by atomic mass is 19.4. The Morgan fingerprint density at radius 2 is 1.88 bits per heavy atom. The molecule has 0 aromatic heterocycles. The highest BCUT2D eigenvalue weighted by Crippen LogP contribution is 2.18. The molecule has 1 unspecified atom stereocenters. The Bertz CT molecular complexity index is 445. The van der Waals surface area contributed by atoms with Gasteiger partial charge in [0.05, 0.1) is 17.7 Å². The molecule has 0 saturated carbocycles. The SMILES string of the molecule is CC(NC(=O)C(F)(F)F)c1ccc(C#N)cc1. The maximum absolute atomic E-state index is 12.0. The summed E-state index contributed by atoms with van der Waals surface area (Å²) in [4.78, 5) is 10.7. The highest BCUT2D eigenvalue weighted by molar-refractivity contribution is 5.82. The van der Waals surface area contributed by atoms with E-state index >= 15 is 0 Å². The van der Waals surface area contributed by atoms with Crippen molar-refractivity contribution in [3.05, 3.63) is 35.4 Å². The van der Waals surface area contributed by atoms with Gasteiger partial charge < -0.3 is 5.32 Å². The predicted molar refractivity (Wildman–Crippen MR) is 53.8 cm³/mol. The van der Waals surface area contributed by atoms with Gasteiger partial charge in [0.1, 0.15) is 0 Å². The van der Waals surface area contributed by atoms with Crippen molar-refractivity contribution in [2.24, 2.45) is 0 Å². The smallest absolute Gasteiger partial charge is 0.342 e. The zero-order chi connectivity index (χ0) is 13.1. The molecule has 0 fully saturated rings. The number of carbonyl (C=O) groups is 1. The lowest BCUT2D eigenvalue weighted by molar-refractivity contribution is -0.174. The molecule has 1 N–H and O–H groups in total. The average molecular weight is 242 g/mol. The van der Waals surface area contributed by atoms with Crippen molar-refractivity contribution in [3.8, 4) is 6.07 Å². The Hall–Kier alpha value is -2.03. The van der Waals surface area contributed by atoms with Crippen LogP contribution in [0.5, 0.6) is 0 Å². The summed E-state index contributed by atoms with van der Waals surface area (Å²) in [5.74, 6) is -1.98. The van der Waals surface area contributed by atoms with Gasteiger partial charge in [0.2, 0.25) is 0 Å². The standard InChI is InChI=1S/C11H9F3N2O/c1-7(16-10(17)11(12,13)14)9-4-2-8(6-15)3-5-9/h2-5,7H,1H3,(H,16,17). The van der Waals surface area contributed by atoms with Crippen molar-refractivity contribution in [2.45, 2.75) is 19.1 Å². The molecule has 0 bridgehead atoms. The van der Waals surface area contributed by atoms with E-state index in [1.807, 2.05) is 11.4 Å².